The third-order valence-corrected chi connectivity index (χ3v) is 5.73. The maximum atomic E-state index is 12.3. The molecule has 1 fully saturated rings. The molecule has 0 aromatic heterocycles. The van der Waals surface area contributed by atoms with Crippen LogP contribution in [0.5, 0.6) is 0 Å². The zero-order valence-corrected chi connectivity index (χ0v) is 14.3. The summed E-state index contributed by atoms with van der Waals surface area (Å²) in [5, 5.41) is 5.60. The number of hydrogen-bond donors (Lipinski definition) is 2. The van der Waals surface area contributed by atoms with Crippen LogP contribution in [0.4, 0.5) is 10.5 Å². The van der Waals surface area contributed by atoms with E-state index in [2.05, 4.69) is 17.2 Å². The van der Waals surface area contributed by atoms with Crippen LogP contribution >= 0.6 is 0 Å². The number of nitrogens with one attached hydrogen (secondary N) is 2. The van der Waals surface area contributed by atoms with Crippen molar-refractivity contribution in [2.24, 2.45) is 5.92 Å². The SMILES string of the molecule is C=CCN(C)S(=O)(=O)c1ccc(NC(=O)NC(C)C2CC2)cc1. The summed E-state index contributed by atoms with van der Waals surface area (Å²) in [4.78, 5) is 12.1. The maximum Gasteiger partial charge on any atom is 0.319 e. The molecule has 0 heterocycles. The molecule has 1 aromatic rings. The van der Waals surface area contributed by atoms with E-state index in [0.717, 1.165) is 12.8 Å². The van der Waals surface area contributed by atoms with Crippen molar-refractivity contribution in [1.29, 1.82) is 0 Å². The first-order valence-electron chi connectivity index (χ1n) is 7.59. The number of sulfonamides is 1. The second kappa shape index (κ2) is 7.14. The molecule has 1 aromatic carbocycles. The van der Waals surface area contributed by atoms with Gasteiger partial charge in [-0.3, -0.25) is 0 Å². The fourth-order valence-electron chi connectivity index (χ4n) is 2.26. The second-order valence-electron chi connectivity index (χ2n) is 5.82. The largest absolute Gasteiger partial charge is 0.335 e. The Kier molecular flexibility index (Phi) is 5.43. The van der Waals surface area contributed by atoms with E-state index in [1.165, 1.54) is 29.6 Å². The minimum absolute atomic E-state index is 0.155. The van der Waals surface area contributed by atoms with Crippen LogP contribution in [0.25, 0.3) is 0 Å². The number of rotatable bonds is 7. The number of hydrogen-bond acceptors (Lipinski definition) is 3. The predicted molar refractivity (Wildman–Crippen MR) is 90.8 cm³/mol. The maximum absolute atomic E-state index is 12.3. The molecule has 1 unspecified atom stereocenters. The zero-order valence-electron chi connectivity index (χ0n) is 13.5. The van der Waals surface area contributed by atoms with E-state index in [1.54, 1.807) is 12.1 Å². The summed E-state index contributed by atoms with van der Waals surface area (Å²) in [5.74, 6) is 0.577. The molecule has 7 heteroatoms. The van der Waals surface area contributed by atoms with Gasteiger partial charge in [-0.25, -0.2) is 13.2 Å². The normalized spacial score (nSPS) is 16.0. The smallest absolute Gasteiger partial charge is 0.319 e. The molecule has 0 aliphatic heterocycles. The molecule has 0 saturated heterocycles. The van der Waals surface area contributed by atoms with Crippen LogP contribution in [0.2, 0.25) is 0 Å². The van der Waals surface area contributed by atoms with Crippen molar-refractivity contribution in [1.82, 2.24) is 9.62 Å². The zero-order chi connectivity index (χ0) is 17.0. The first-order valence-corrected chi connectivity index (χ1v) is 9.03. The molecule has 1 saturated carbocycles. The van der Waals surface area contributed by atoms with E-state index in [0.29, 0.717) is 11.6 Å². The van der Waals surface area contributed by atoms with Crippen LogP contribution in [0.3, 0.4) is 0 Å². The molecule has 23 heavy (non-hydrogen) atoms. The van der Waals surface area contributed by atoms with E-state index in [1.807, 2.05) is 6.92 Å². The van der Waals surface area contributed by atoms with Crippen LogP contribution < -0.4 is 10.6 Å². The molecule has 2 rings (SSSR count). The van der Waals surface area contributed by atoms with Crippen molar-refractivity contribution in [2.45, 2.75) is 30.7 Å². The van der Waals surface area contributed by atoms with E-state index in [4.69, 9.17) is 0 Å². The molecule has 6 nitrogen and oxygen atoms in total. The number of benzene rings is 1. The van der Waals surface area contributed by atoms with Crippen molar-refractivity contribution >= 4 is 21.7 Å². The Bertz CT molecular complexity index is 666. The van der Waals surface area contributed by atoms with Gasteiger partial charge in [0.1, 0.15) is 0 Å². The van der Waals surface area contributed by atoms with Crippen LogP contribution in [0.15, 0.2) is 41.8 Å². The van der Waals surface area contributed by atoms with Crippen LogP contribution in [-0.2, 0) is 10.0 Å². The standard InChI is InChI=1S/C16H23N3O3S/c1-4-11-19(3)23(21,22)15-9-7-14(8-10-15)18-16(20)17-12(2)13-5-6-13/h4,7-10,12-13H,1,5-6,11H2,2-3H3,(H2,17,18,20). The summed E-state index contributed by atoms with van der Waals surface area (Å²) in [6.07, 6.45) is 3.84. The van der Waals surface area contributed by atoms with E-state index in [9.17, 15) is 13.2 Å². The molecule has 126 valence electrons. The van der Waals surface area contributed by atoms with Crippen molar-refractivity contribution in [3.8, 4) is 0 Å². The Morgan fingerprint density at radius 3 is 2.52 bits per heavy atom. The minimum Gasteiger partial charge on any atom is -0.335 e. The Hall–Kier alpha value is -1.86. The molecular weight excluding hydrogens is 314 g/mol. The van der Waals surface area contributed by atoms with E-state index in [-0.39, 0.29) is 23.5 Å². The van der Waals surface area contributed by atoms with Crippen LogP contribution in [0, 0.1) is 5.92 Å². The number of anilines is 1. The van der Waals surface area contributed by atoms with Gasteiger partial charge in [0.2, 0.25) is 10.0 Å². The Balaban J connectivity index is 1.98. The van der Waals surface area contributed by atoms with Gasteiger partial charge >= 0.3 is 6.03 Å². The molecule has 1 aliphatic rings. The summed E-state index contributed by atoms with van der Waals surface area (Å²) >= 11 is 0. The topological polar surface area (TPSA) is 78.5 Å². The van der Waals surface area contributed by atoms with Crippen LogP contribution in [0.1, 0.15) is 19.8 Å². The first kappa shape index (κ1) is 17.5. The highest BCUT2D eigenvalue weighted by Gasteiger charge is 2.28. The lowest BCUT2D eigenvalue weighted by atomic mass is 10.2. The predicted octanol–water partition coefficient (Wildman–Crippen LogP) is 2.41. The summed E-state index contributed by atoms with van der Waals surface area (Å²) in [5.41, 5.74) is 0.552. The fraction of sp³-hybridized carbons (Fsp3) is 0.438. The van der Waals surface area contributed by atoms with Gasteiger partial charge in [0.25, 0.3) is 0 Å². The Morgan fingerprint density at radius 1 is 1.39 bits per heavy atom. The summed E-state index contributed by atoms with van der Waals surface area (Å²) in [6.45, 7) is 5.76. The van der Waals surface area contributed by atoms with Crippen molar-refractivity contribution in [3.63, 3.8) is 0 Å². The second-order valence-corrected chi connectivity index (χ2v) is 7.87. The van der Waals surface area contributed by atoms with Crippen molar-refractivity contribution in [2.75, 3.05) is 18.9 Å². The number of carbonyl (C=O) groups excluding carboxylic acids is 1. The van der Waals surface area contributed by atoms with Crippen molar-refractivity contribution in [3.05, 3.63) is 36.9 Å². The number of urea groups is 1. The summed E-state index contributed by atoms with van der Waals surface area (Å²) in [7, 11) is -2.04. The van der Waals surface area contributed by atoms with E-state index < -0.39 is 10.0 Å². The number of likely N-dealkylation sites (N-methyl/N-ethyl adjacent to an activating group) is 1. The van der Waals surface area contributed by atoms with Gasteiger partial charge in [0.15, 0.2) is 0 Å². The molecule has 1 atom stereocenters. The average molecular weight is 337 g/mol. The number of carbonyl (C=O) groups is 1. The van der Waals surface area contributed by atoms with Crippen LogP contribution in [-0.4, -0.2) is 38.4 Å². The fourth-order valence-corrected chi connectivity index (χ4v) is 3.40. The molecule has 0 spiro atoms. The third kappa shape index (κ3) is 4.56. The van der Waals surface area contributed by atoms with E-state index >= 15 is 0 Å². The van der Waals surface area contributed by atoms with Gasteiger partial charge in [-0.05, 0) is 49.9 Å². The average Bonchev–Trinajstić information content (AvgIpc) is 3.32. The number of nitrogens with zero attached hydrogens (tertiary/aromatic N) is 1. The van der Waals surface area contributed by atoms with Gasteiger partial charge in [-0.2, -0.15) is 4.31 Å². The molecule has 1 aliphatic carbocycles. The first-order chi connectivity index (χ1) is 10.8. The highest BCUT2D eigenvalue weighted by molar-refractivity contribution is 7.89. The Labute approximate surface area is 137 Å². The Morgan fingerprint density at radius 2 is 2.00 bits per heavy atom. The summed E-state index contributed by atoms with van der Waals surface area (Å²) < 4.78 is 25.7. The van der Waals surface area contributed by atoms with Gasteiger partial charge in [0, 0.05) is 25.3 Å². The van der Waals surface area contributed by atoms with Gasteiger partial charge < -0.3 is 10.6 Å². The summed E-state index contributed by atoms with van der Waals surface area (Å²) in [6, 6.07) is 6.00. The lowest BCUT2D eigenvalue weighted by Gasteiger charge is -2.16. The molecule has 2 N–H and O–H groups in total. The lowest BCUT2D eigenvalue weighted by molar-refractivity contribution is 0.248. The minimum atomic E-state index is -3.53. The lowest BCUT2D eigenvalue weighted by Crippen LogP contribution is -2.37. The monoisotopic (exact) mass is 337 g/mol. The third-order valence-electron chi connectivity index (χ3n) is 3.89. The molecular formula is C16H23N3O3S. The highest BCUT2D eigenvalue weighted by atomic mass is 32.2. The molecule has 0 bridgehead atoms. The quantitative estimate of drug-likeness (QED) is 0.750. The van der Waals surface area contributed by atoms with Gasteiger partial charge in [0.05, 0.1) is 4.90 Å². The number of amides is 2. The molecule has 2 amide bonds. The van der Waals surface area contributed by atoms with Crippen molar-refractivity contribution < 1.29 is 13.2 Å². The highest BCUT2D eigenvalue weighted by Crippen LogP contribution is 2.32. The van der Waals surface area contributed by atoms with Gasteiger partial charge in [-0.1, -0.05) is 6.08 Å². The molecule has 0 radical (unpaired) electrons. The van der Waals surface area contributed by atoms with Gasteiger partial charge in [-0.15, -0.1) is 6.58 Å².